The van der Waals surface area contributed by atoms with Gasteiger partial charge in [-0.05, 0) is 63.5 Å². The van der Waals surface area contributed by atoms with Gasteiger partial charge in [0.2, 0.25) is 0 Å². The van der Waals surface area contributed by atoms with Crippen molar-refractivity contribution < 1.29 is 14.3 Å². The maximum atomic E-state index is 12.9. The summed E-state index contributed by atoms with van der Waals surface area (Å²) in [6.07, 6.45) is 4.13. The number of methoxy groups -OCH3 is 1. The van der Waals surface area contributed by atoms with E-state index in [9.17, 15) is 4.79 Å². The first-order chi connectivity index (χ1) is 15.3. The van der Waals surface area contributed by atoms with Crippen LogP contribution < -0.4 is 5.32 Å². The Kier molecular flexibility index (Phi) is 8.40. The normalized spacial score (nSPS) is 17.9. The van der Waals surface area contributed by atoms with E-state index in [1.54, 1.807) is 7.11 Å². The molecular weight excluding hydrogens is 404 g/mol. The van der Waals surface area contributed by atoms with Crippen LogP contribution in [-0.2, 0) is 22.6 Å². The lowest BCUT2D eigenvalue weighted by atomic mass is 10.0. The maximum absolute atomic E-state index is 12.9. The molecule has 0 atom stereocenters. The average Bonchev–Trinajstić information content (AvgIpc) is 3.57. The summed E-state index contributed by atoms with van der Waals surface area (Å²) in [4.78, 5) is 21.7. The molecule has 1 aliphatic heterocycles. The Balaban J connectivity index is 1.54. The highest BCUT2D eigenvalue weighted by Crippen LogP contribution is 2.32. The molecule has 1 heterocycles. The molecule has 1 aliphatic carbocycles. The molecule has 1 aromatic carbocycles. The summed E-state index contributed by atoms with van der Waals surface area (Å²) in [5.74, 6) is 1.55. The SMILES string of the molecule is CN=C(NCc1cccc(COC)c1)N1CCC(N(CC2CC2)C(=O)OC(C)(C)C)CC1. The molecule has 1 aromatic rings. The molecule has 1 saturated heterocycles. The molecule has 0 spiro atoms. The molecule has 1 amide bonds. The van der Waals surface area contributed by atoms with Crippen molar-refractivity contribution in [3.63, 3.8) is 0 Å². The van der Waals surface area contributed by atoms with Gasteiger partial charge in [0, 0.05) is 46.4 Å². The van der Waals surface area contributed by atoms with E-state index in [4.69, 9.17) is 9.47 Å². The number of hydrogen-bond donors (Lipinski definition) is 1. The Hall–Kier alpha value is -2.28. The lowest BCUT2D eigenvalue weighted by Crippen LogP contribution is -2.52. The van der Waals surface area contributed by atoms with Gasteiger partial charge in [-0.3, -0.25) is 4.99 Å². The van der Waals surface area contributed by atoms with Gasteiger partial charge in [-0.2, -0.15) is 0 Å². The molecule has 7 nitrogen and oxygen atoms in total. The molecular formula is C25H40N4O3. The fraction of sp³-hybridized carbons (Fsp3) is 0.680. The van der Waals surface area contributed by atoms with Crippen molar-refractivity contribution in [2.75, 3.05) is 33.8 Å². The summed E-state index contributed by atoms with van der Waals surface area (Å²) in [7, 11) is 3.54. The zero-order valence-corrected chi connectivity index (χ0v) is 20.4. The van der Waals surface area contributed by atoms with Crippen molar-refractivity contribution in [3.05, 3.63) is 35.4 Å². The van der Waals surface area contributed by atoms with E-state index >= 15 is 0 Å². The number of aliphatic imine (C=N–C) groups is 1. The Morgan fingerprint density at radius 1 is 1.19 bits per heavy atom. The number of amides is 1. The first-order valence-corrected chi connectivity index (χ1v) is 11.8. The summed E-state index contributed by atoms with van der Waals surface area (Å²) in [6.45, 7) is 9.71. The van der Waals surface area contributed by atoms with Crippen LogP contribution in [0.15, 0.2) is 29.3 Å². The molecule has 0 bridgehead atoms. The number of benzene rings is 1. The minimum absolute atomic E-state index is 0.165. The molecule has 1 saturated carbocycles. The second-order valence-electron chi connectivity index (χ2n) is 9.95. The molecule has 7 heteroatoms. The first-order valence-electron chi connectivity index (χ1n) is 11.8. The van der Waals surface area contributed by atoms with Crippen LogP contribution in [0.3, 0.4) is 0 Å². The largest absolute Gasteiger partial charge is 0.444 e. The molecule has 0 aromatic heterocycles. The average molecular weight is 445 g/mol. The van der Waals surface area contributed by atoms with Crippen LogP contribution >= 0.6 is 0 Å². The Morgan fingerprint density at radius 3 is 2.47 bits per heavy atom. The van der Waals surface area contributed by atoms with Crippen LogP contribution in [0.5, 0.6) is 0 Å². The third kappa shape index (κ3) is 7.40. The summed E-state index contributed by atoms with van der Waals surface area (Å²) < 4.78 is 11.0. The maximum Gasteiger partial charge on any atom is 0.410 e. The van der Waals surface area contributed by atoms with Crippen molar-refractivity contribution in [3.8, 4) is 0 Å². The number of nitrogens with one attached hydrogen (secondary N) is 1. The molecule has 1 N–H and O–H groups in total. The fourth-order valence-electron chi connectivity index (χ4n) is 4.17. The summed E-state index contributed by atoms with van der Waals surface area (Å²) in [6, 6.07) is 8.63. The molecule has 2 aliphatic rings. The number of hydrogen-bond acceptors (Lipinski definition) is 4. The number of likely N-dealkylation sites (tertiary alicyclic amines) is 1. The zero-order chi connectivity index (χ0) is 23.1. The van der Waals surface area contributed by atoms with E-state index in [-0.39, 0.29) is 12.1 Å². The second kappa shape index (κ2) is 11.0. The van der Waals surface area contributed by atoms with Crippen LogP contribution in [0.4, 0.5) is 4.79 Å². The highest BCUT2D eigenvalue weighted by atomic mass is 16.6. The van der Waals surface area contributed by atoms with Crippen LogP contribution in [0, 0.1) is 5.92 Å². The highest BCUT2D eigenvalue weighted by Gasteiger charge is 2.35. The lowest BCUT2D eigenvalue weighted by Gasteiger charge is -2.40. The van der Waals surface area contributed by atoms with Gasteiger partial charge in [-0.1, -0.05) is 24.3 Å². The quantitative estimate of drug-likeness (QED) is 0.508. The molecule has 0 radical (unpaired) electrons. The fourth-order valence-corrected chi connectivity index (χ4v) is 4.17. The van der Waals surface area contributed by atoms with Gasteiger partial charge in [0.05, 0.1) is 6.61 Å². The third-order valence-electron chi connectivity index (χ3n) is 5.95. The van der Waals surface area contributed by atoms with Crippen molar-refractivity contribution in [2.45, 2.75) is 71.2 Å². The number of ether oxygens (including phenoxy) is 2. The van der Waals surface area contributed by atoms with Crippen LogP contribution in [-0.4, -0.2) is 67.3 Å². The monoisotopic (exact) mass is 444 g/mol. The molecule has 0 unspecified atom stereocenters. The zero-order valence-electron chi connectivity index (χ0n) is 20.4. The summed E-state index contributed by atoms with van der Waals surface area (Å²) in [5.41, 5.74) is 1.91. The number of piperidine rings is 1. The topological polar surface area (TPSA) is 66.4 Å². The van der Waals surface area contributed by atoms with E-state index in [0.717, 1.165) is 45.0 Å². The predicted molar refractivity (Wildman–Crippen MR) is 128 cm³/mol. The summed E-state index contributed by atoms with van der Waals surface area (Å²) >= 11 is 0. The van der Waals surface area contributed by atoms with Crippen molar-refractivity contribution in [1.29, 1.82) is 0 Å². The van der Waals surface area contributed by atoms with Gasteiger partial charge in [0.1, 0.15) is 5.60 Å². The minimum Gasteiger partial charge on any atom is -0.444 e. The van der Waals surface area contributed by atoms with Gasteiger partial charge in [-0.25, -0.2) is 4.79 Å². The van der Waals surface area contributed by atoms with Crippen LogP contribution in [0.25, 0.3) is 0 Å². The van der Waals surface area contributed by atoms with Gasteiger partial charge < -0.3 is 24.6 Å². The number of rotatable bonds is 7. The van der Waals surface area contributed by atoms with E-state index in [2.05, 4.69) is 39.5 Å². The first kappa shape index (κ1) is 24.4. The van der Waals surface area contributed by atoms with E-state index in [0.29, 0.717) is 12.5 Å². The highest BCUT2D eigenvalue weighted by molar-refractivity contribution is 5.80. The molecule has 2 fully saturated rings. The van der Waals surface area contributed by atoms with Gasteiger partial charge in [-0.15, -0.1) is 0 Å². The third-order valence-corrected chi connectivity index (χ3v) is 5.95. The molecule has 3 rings (SSSR count). The number of carbonyl (C=O) groups excluding carboxylic acids is 1. The van der Waals surface area contributed by atoms with Gasteiger partial charge in [0.15, 0.2) is 5.96 Å². The number of guanidine groups is 1. The second-order valence-corrected chi connectivity index (χ2v) is 9.95. The smallest absolute Gasteiger partial charge is 0.410 e. The molecule has 32 heavy (non-hydrogen) atoms. The van der Waals surface area contributed by atoms with Gasteiger partial charge in [0.25, 0.3) is 0 Å². The minimum atomic E-state index is -0.466. The van der Waals surface area contributed by atoms with Crippen molar-refractivity contribution in [1.82, 2.24) is 15.1 Å². The predicted octanol–water partition coefficient (Wildman–Crippen LogP) is 4.02. The Morgan fingerprint density at radius 2 is 1.88 bits per heavy atom. The van der Waals surface area contributed by atoms with E-state index < -0.39 is 5.60 Å². The number of nitrogens with zero attached hydrogens (tertiary/aromatic N) is 3. The van der Waals surface area contributed by atoms with Crippen molar-refractivity contribution in [2.24, 2.45) is 10.9 Å². The standard InChI is InChI=1S/C25H40N4O3/c1-25(2,3)32-24(30)29(17-19-9-10-19)22-11-13-28(14-12-22)23(26-4)27-16-20-7-6-8-21(15-20)18-31-5/h6-8,15,19,22H,9-14,16-18H2,1-5H3,(H,26,27). The van der Waals surface area contributed by atoms with Crippen LogP contribution in [0.2, 0.25) is 0 Å². The Labute approximate surface area is 193 Å². The number of carbonyl (C=O) groups is 1. The Bertz CT molecular complexity index is 778. The van der Waals surface area contributed by atoms with Crippen molar-refractivity contribution >= 4 is 12.1 Å². The van der Waals surface area contributed by atoms with Gasteiger partial charge >= 0.3 is 6.09 Å². The van der Waals surface area contributed by atoms with E-state index in [1.807, 2.05) is 32.7 Å². The van der Waals surface area contributed by atoms with E-state index in [1.165, 1.54) is 24.0 Å². The lowest BCUT2D eigenvalue weighted by molar-refractivity contribution is 0.00928. The van der Waals surface area contributed by atoms with Crippen LogP contribution in [0.1, 0.15) is 57.6 Å². The summed E-state index contributed by atoms with van der Waals surface area (Å²) in [5, 5.41) is 3.49. The molecule has 178 valence electrons.